The van der Waals surface area contributed by atoms with Crippen molar-refractivity contribution >= 4 is 39.9 Å². The first kappa shape index (κ1) is 24.5. The van der Waals surface area contributed by atoms with E-state index in [1.54, 1.807) is 55.6 Å². The number of anilines is 2. The van der Waals surface area contributed by atoms with E-state index in [1.165, 1.54) is 0 Å². The second-order valence-electron chi connectivity index (χ2n) is 8.18. The summed E-state index contributed by atoms with van der Waals surface area (Å²) in [4.78, 5) is 38.9. The zero-order chi connectivity index (χ0) is 25.5. The van der Waals surface area contributed by atoms with Gasteiger partial charge in [-0.05, 0) is 54.3 Å². The van der Waals surface area contributed by atoms with Crippen molar-refractivity contribution in [3.8, 4) is 5.75 Å². The highest BCUT2D eigenvalue weighted by molar-refractivity contribution is 6.10. The van der Waals surface area contributed by atoms with Gasteiger partial charge in [0.15, 0.2) is 0 Å². The number of methoxy groups -OCH3 is 1. The predicted molar refractivity (Wildman–Crippen MR) is 142 cm³/mol. The molecular formula is C29H27N3O4. The second kappa shape index (κ2) is 11.2. The highest BCUT2D eigenvalue weighted by Gasteiger charge is 2.22. The standard InChI is InChI=1S/C29H27N3O4/c1-3-24(29(35)32-25-14-8-10-19-9-4-5-11-22(19)25)30-28(34)23-12-6-7-13-26(23)31-27(33)20-15-17-21(36-2)18-16-20/h4-18,24H,3H2,1-2H3,(H,30,34)(H,31,33)(H,32,35). The van der Waals surface area contributed by atoms with E-state index in [-0.39, 0.29) is 17.4 Å². The molecule has 3 N–H and O–H groups in total. The van der Waals surface area contributed by atoms with Crippen LogP contribution in [0, 0.1) is 0 Å². The fourth-order valence-corrected chi connectivity index (χ4v) is 3.87. The van der Waals surface area contributed by atoms with E-state index in [9.17, 15) is 14.4 Å². The van der Waals surface area contributed by atoms with Crippen LogP contribution in [0.2, 0.25) is 0 Å². The molecule has 0 radical (unpaired) electrons. The molecule has 0 saturated heterocycles. The second-order valence-corrected chi connectivity index (χ2v) is 8.18. The van der Waals surface area contributed by atoms with Crippen LogP contribution >= 0.6 is 0 Å². The minimum absolute atomic E-state index is 0.260. The van der Waals surface area contributed by atoms with Gasteiger partial charge in [-0.3, -0.25) is 14.4 Å². The third-order valence-electron chi connectivity index (χ3n) is 5.85. The van der Waals surface area contributed by atoms with E-state index in [4.69, 9.17) is 4.74 Å². The first-order valence-corrected chi connectivity index (χ1v) is 11.6. The molecule has 4 aromatic rings. The third kappa shape index (κ3) is 5.52. The normalized spacial score (nSPS) is 11.4. The van der Waals surface area contributed by atoms with Crippen molar-refractivity contribution in [1.82, 2.24) is 5.32 Å². The average molecular weight is 482 g/mol. The van der Waals surface area contributed by atoms with Gasteiger partial charge in [-0.1, -0.05) is 55.5 Å². The van der Waals surface area contributed by atoms with Crippen molar-refractivity contribution in [3.63, 3.8) is 0 Å². The van der Waals surface area contributed by atoms with Gasteiger partial charge >= 0.3 is 0 Å². The van der Waals surface area contributed by atoms with Gasteiger partial charge in [-0.15, -0.1) is 0 Å². The minimum atomic E-state index is -0.762. The number of hydrogen-bond acceptors (Lipinski definition) is 4. The van der Waals surface area contributed by atoms with Gasteiger partial charge < -0.3 is 20.7 Å². The first-order valence-electron chi connectivity index (χ1n) is 11.6. The summed E-state index contributed by atoms with van der Waals surface area (Å²) in [6.45, 7) is 1.82. The van der Waals surface area contributed by atoms with Crippen molar-refractivity contribution in [2.24, 2.45) is 0 Å². The molecule has 0 heterocycles. The van der Waals surface area contributed by atoms with E-state index >= 15 is 0 Å². The van der Waals surface area contributed by atoms with Crippen molar-refractivity contribution in [2.75, 3.05) is 17.7 Å². The fraction of sp³-hybridized carbons (Fsp3) is 0.138. The smallest absolute Gasteiger partial charge is 0.255 e. The molecule has 1 unspecified atom stereocenters. The van der Waals surface area contributed by atoms with Crippen LogP contribution in [0.5, 0.6) is 5.75 Å². The Labute approximate surface area is 209 Å². The summed E-state index contributed by atoms with van der Waals surface area (Å²) in [5.41, 5.74) is 1.71. The van der Waals surface area contributed by atoms with Gasteiger partial charge in [0.1, 0.15) is 11.8 Å². The Balaban J connectivity index is 1.48. The number of ether oxygens (including phenoxy) is 1. The molecule has 3 amide bonds. The van der Waals surface area contributed by atoms with E-state index < -0.39 is 11.9 Å². The predicted octanol–water partition coefficient (Wildman–Crippen LogP) is 5.25. The minimum Gasteiger partial charge on any atom is -0.497 e. The topological polar surface area (TPSA) is 96.5 Å². The summed E-state index contributed by atoms with van der Waals surface area (Å²) in [7, 11) is 1.55. The van der Waals surface area contributed by atoms with Crippen molar-refractivity contribution in [3.05, 3.63) is 102 Å². The number of carbonyl (C=O) groups is 3. The highest BCUT2D eigenvalue weighted by Crippen LogP contribution is 2.23. The van der Waals surface area contributed by atoms with Gasteiger partial charge in [-0.25, -0.2) is 0 Å². The summed E-state index contributed by atoms with van der Waals surface area (Å²) < 4.78 is 5.13. The Kier molecular flexibility index (Phi) is 7.60. The van der Waals surface area contributed by atoms with Gasteiger partial charge in [0.05, 0.1) is 18.4 Å². The average Bonchev–Trinajstić information content (AvgIpc) is 2.92. The molecule has 0 fully saturated rings. The van der Waals surface area contributed by atoms with Crippen LogP contribution in [0.4, 0.5) is 11.4 Å². The highest BCUT2D eigenvalue weighted by atomic mass is 16.5. The van der Waals surface area contributed by atoms with Gasteiger partial charge in [0.2, 0.25) is 5.91 Å². The largest absolute Gasteiger partial charge is 0.497 e. The molecule has 4 rings (SSSR count). The lowest BCUT2D eigenvalue weighted by Crippen LogP contribution is -2.43. The molecule has 0 aliphatic carbocycles. The van der Waals surface area contributed by atoms with Gasteiger partial charge in [0.25, 0.3) is 11.8 Å². The lowest BCUT2D eigenvalue weighted by atomic mass is 10.1. The van der Waals surface area contributed by atoms with E-state index in [0.29, 0.717) is 29.1 Å². The van der Waals surface area contributed by atoms with Gasteiger partial charge in [0, 0.05) is 16.6 Å². The number of fused-ring (bicyclic) bond motifs is 1. The Bertz CT molecular complexity index is 1390. The zero-order valence-electron chi connectivity index (χ0n) is 20.1. The van der Waals surface area contributed by atoms with Crippen LogP contribution in [-0.2, 0) is 4.79 Å². The molecule has 1 atom stereocenters. The summed E-state index contributed by atoms with van der Waals surface area (Å²) in [6.07, 6.45) is 0.392. The molecular weight excluding hydrogens is 454 g/mol. The van der Waals surface area contributed by atoms with Crippen molar-refractivity contribution in [1.29, 1.82) is 0 Å². The van der Waals surface area contributed by atoms with Crippen molar-refractivity contribution in [2.45, 2.75) is 19.4 Å². The molecule has 36 heavy (non-hydrogen) atoms. The van der Waals surface area contributed by atoms with Gasteiger partial charge in [-0.2, -0.15) is 0 Å². The number of carbonyl (C=O) groups excluding carboxylic acids is 3. The van der Waals surface area contributed by atoms with E-state index in [1.807, 2.05) is 49.4 Å². The molecule has 0 aliphatic rings. The van der Waals surface area contributed by atoms with E-state index in [2.05, 4.69) is 16.0 Å². The van der Waals surface area contributed by atoms with Crippen LogP contribution in [0.3, 0.4) is 0 Å². The Morgan fingerprint density at radius 1 is 0.750 bits per heavy atom. The Morgan fingerprint density at radius 3 is 2.17 bits per heavy atom. The lowest BCUT2D eigenvalue weighted by Gasteiger charge is -2.19. The number of para-hydroxylation sites is 1. The summed E-state index contributed by atoms with van der Waals surface area (Å²) >= 11 is 0. The number of amides is 3. The van der Waals surface area contributed by atoms with Crippen molar-refractivity contribution < 1.29 is 19.1 Å². The maximum absolute atomic E-state index is 13.1. The van der Waals surface area contributed by atoms with E-state index in [0.717, 1.165) is 10.8 Å². The maximum Gasteiger partial charge on any atom is 0.255 e. The Morgan fingerprint density at radius 2 is 1.42 bits per heavy atom. The number of hydrogen-bond donors (Lipinski definition) is 3. The van der Waals surface area contributed by atoms with Crippen LogP contribution in [0.25, 0.3) is 10.8 Å². The Hall–Kier alpha value is -4.65. The molecule has 7 heteroatoms. The monoisotopic (exact) mass is 481 g/mol. The molecule has 7 nitrogen and oxygen atoms in total. The molecule has 4 aromatic carbocycles. The first-order chi connectivity index (χ1) is 17.5. The number of nitrogens with one attached hydrogen (secondary N) is 3. The van der Waals surface area contributed by atoms with Crippen LogP contribution in [0.1, 0.15) is 34.1 Å². The molecule has 0 spiro atoms. The molecule has 0 aliphatic heterocycles. The molecule has 182 valence electrons. The molecule has 0 saturated carbocycles. The maximum atomic E-state index is 13.1. The summed E-state index contributed by atoms with van der Waals surface area (Å²) in [6, 6.07) is 26.0. The third-order valence-corrected chi connectivity index (χ3v) is 5.85. The SMILES string of the molecule is CCC(NC(=O)c1ccccc1NC(=O)c1ccc(OC)cc1)C(=O)Nc1cccc2ccccc12. The molecule has 0 aromatic heterocycles. The fourth-order valence-electron chi connectivity index (χ4n) is 3.87. The molecule has 0 bridgehead atoms. The number of benzene rings is 4. The van der Waals surface area contributed by atoms with Crippen LogP contribution < -0.4 is 20.7 Å². The summed E-state index contributed by atoms with van der Waals surface area (Å²) in [5, 5.41) is 10.4. The van der Waals surface area contributed by atoms with Crippen LogP contribution in [0.15, 0.2) is 91.0 Å². The zero-order valence-corrected chi connectivity index (χ0v) is 20.1. The summed E-state index contributed by atoms with van der Waals surface area (Å²) in [5.74, 6) is -0.500. The quantitative estimate of drug-likeness (QED) is 0.320. The lowest BCUT2D eigenvalue weighted by molar-refractivity contribution is -0.118. The number of rotatable bonds is 8. The van der Waals surface area contributed by atoms with Crippen LogP contribution in [-0.4, -0.2) is 30.9 Å².